The lowest BCUT2D eigenvalue weighted by atomic mass is 9.79. The minimum absolute atomic E-state index is 0.266. The lowest BCUT2D eigenvalue weighted by Crippen LogP contribution is -2.36. The highest BCUT2D eigenvalue weighted by molar-refractivity contribution is 6.61. The summed E-state index contributed by atoms with van der Waals surface area (Å²) in [4.78, 5) is 0. The molecule has 100 valence electrons. The van der Waals surface area contributed by atoms with Gasteiger partial charge < -0.3 is 14.0 Å². The number of hydrogen-bond donors (Lipinski definition) is 0. The first-order valence-corrected chi connectivity index (χ1v) is 5.55. The SMILES string of the molecule is CCOB(OCC)c1ccc(OC(F)(F)F)cc1. The topological polar surface area (TPSA) is 27.7 Å². The maximum Gasteiger partial charge on any atom is 0.573 e. The Balaban J connectivity index is 2.73. The normalized spacial score (nSPS) is 11.4. The van der Waals surface area contributed by atoms with Crippen LogP contribution in [0.4, 0.5) is 13.2 Å². The number of hydrogen-bond acceptors (Lipinski definition) is 3. The quantitative estimate of drug-likeness (QED) is 0.736. The van der Waals surface area contributed by atoms with Crippen LogP contribution in [0.15, 0.2) is 24.3 Å². The number of benzene rings is 1. The van der Waals surface area contributed by atoms with E-state index in [-0.39, 0.29) is 5.75 Å². The van der Waals surface area contributed by atoms with Gasteiger partial charge in [-0.25, -0.2) is 0 Å². The van der Waals surface area contributed by atoms with Crippen molar-refractivity contribution >= 4 is 12.6 Å². The van der Waals surface area contributed by atoms with E-state index in [0.29, 0.717) is 18.7 Å². The highest BCUT2D eigenvalue weighted by Crippen LogP contribution is 2.21. The van der Waals surface area contributed by atoms with Crippen LogP contribution in [-0.4, -0.2) is 26.7 Å². The smallest absolute Gasteiger partial charge is 0.408 e. The van der Waals surface area contributed by atoms with Crippen molar-refractivity contribution in [3.63, 3.8) is 0 Å². The molecular formula is C11H14BF3O3. The largest absolute Gasteiger partial charge is 0.573 e. The molecule has 0 atom stereocenters. The molecule has 0 aromatic heterocycles. The average Bonchev–Trinajstić information content (AvgIpc) is 2.28. The standard InChI is InChI=1S/C11H14BF3O3/c1-3-16-12(17-4-2)9-5-7-10(8-6-9)18-11(13,14)15/h5-8H,3-4H2,1-2H3. The van der Waals surface area contributed by atoms with Crippen molar-refractivity contribution in [3.05, 3.63) is 24.3 Å². The third kappa shape index (κ3) is 4.97. The predicted molar refractivity (Wildman–Crippen MR) is 61.8 cm³/mol. The molecular weight excluding hydrogens is 248 g/mol. The van der Waals surface area contributed by atoms with E-state index >= 15 is 0 Å². The molecule has 1 aromatic carbocycles. The van der Waals surface area contributed by atoms with Crippen LogP contribution in [0, 0.1) is 0 Å². The average molecular weight is 262 g/mol. The van der Waals surface area contributed by atoms with E-state index in [2.05, 4.69) is 4.74 Å². The Morgan fingerprint density at radius 3 is 1.89 bits per heavy atom. The molecule has 0 radical (unpaired) electrons. The number of rotatable bonds is 6. The molecule has 0 heterocycles. The van der Waals surface area contributed by atoms with E-state index < -0.39 is 13.5 Å². The molecule has 0 unspecified atom stereocenters. The zero-order chi connectivity index (χ0) is 13.6. The Morgan fingerprint density at radius 2 is 1.50 bits per heavy atom. The first-order valence-electron chi connectivity index (χ1n) is 5.55. The van der Waals surface area contributed by atoms with Crippen molar-refractivity contribution < 1.29 is 27.2 Å². The molecule has 0 spiro atoms. The van der Waals surface area contributed by atoms with Crippen LogP contribution in [0.2, 0.25) is 0 Å². The first-order chi connectivity index (χ1) is 8.46. The fraction of sp³-hybridized carbons (Fsp3) is 0.455. The van der Waals surface area contributed by atoms with Gasteiger partial charge in [-0.2, -0.15) is 0 Å². The first kappa shape index (κ1) is 14.9. The maximum absolute atomic E-state index is 12.0. The summed E-state index contributed by atoms with van der Waals surface area (Å²) in [5.41, 5.74) is 0.647. The summed E-state index contributed by atoms with van der Waals surface area (Å²) in [6.45, 7) is 4.53. The fourth-order valence-corrected chi connectivity index (χ4v) is 1.37. The molecule has 0 saturated carbocycles. The summed E-state index contributed by atoms with van der Waals surface area (Å²) in [6.07, 6.45) is -4.68. The molecule has 3 nitrogen and oxygen atoms in total. The van der Waals surface area contributed by atoms with Crippen LogP contribution in [0.25, 0.3) is 0 Å². The molecule has 18 heavy (non-hydrogen) atoms. The molecule has 7 heteroatoms. The van der Waals surface area contributed by atoms with Gasteiger partial charge in [-0.05, 0) is 31.4 Å². The van der Waals surface area contributed by atoms with Gasteiger partial charge in [0.05, 0.1) is 0 Å². The second-order valence-corrected chi connectivity index (χ2v) is 3.36. The zero-order valence-corrected chi connectivity index (χ0v) is 10.2. The van der Waals surface area contributed by atoms with Crippen molar-refractivity contribution in [2.75, 3.05) is 13.2 Å². The predicted octanol–water partition coefficient (Wildman–Crippen LogP) is 2.35. The molecule has 0 amide bonds. The van der Waals surface area contributed by atoms with Crippen molar-refractivity contribution in [1.82, 2.24) is 0 Å². The third-order valence-electron chi connectivity index (χ3n) is 2.02. The van der Waals surface area contributed by atoms with E-state index in [0.717, 1.165) is 0 Å². The third-order valence-corrected chi connectivity index (χ3v) is 2.02. The summed E-state index contributed by atoms with van der Waals surface area (Å²) in [5.74, 6) is -0.266. The van der Waals surface area contributed by atoms with Gasteiger partial charge in [-0.1, -0.05) is 12.1 Å². The minimum atomic E-state index is -4.68. The van der Waals surface area contributed by atoms with Gasteiger partial charge in [0.15, 0.2) is 0 Å². The van der Waals surface area contributed by atoms with E-state index in [4.69, 9.17) is 9.31 Å². The van der Waals surface area contributed by atoms with Crippen LogP contribution in [0.3, 0.4) is 0 Å². The van der Waals surface area contributed by atoms with Crippen LogP contribution in [-0.2, 0) is 9.31 Å². The van der Waals surface area contributed by atoms with Gasteiger partial charge in [0.25, 0.3) is 0 Å². The van der Waals surface area contributed by atoms with Gasteiger partial charge >= 0.3 is 13.5 Å². The Hall–Kier alpha value is -1.21. The summed E-state index contributed by atoms with van der Waals surface area (Å²) >= 11 is 0. The lowest BCUT2D eigenvalue weighted by Gasteiger charge is -2.13. The second kappa shape index (κ2) is 6.65. The number of alkyl halides is 3. The fourth-order valence-electron chi connectivity index (χ4n) is 1.37. The summed E-state index contributed by atoms with van der Waals surface area (Å²) in [6, 6.07) is 5.43. The molecule has 0 aliphatic rings. The maximum atomic E-state index is 12.0. The zero-order valence-electron chi connectivity index (χ0n) is 10.2. The second-order valence-electron chi connectivity index (χ2n) is 3.36. The van der Waals surface area contributed by atoms with Crippen LogP contribution < -0.4 is 10.2 Å². The van der Waals surface area contributed by atoms with Gasteiger partial charge in [0.2, 0.25) is 0 Å². The molecule has 1 rings (SSSR count). The van der Waals surface area contributed by atoms with Gasteiger partial charge in [-0.3, -0.25) is 0 Å². The molecule has 0 bridgehead atoms. The highest BCUT2D eigenvalue weighted by Gasteiger charge is 2.31. The van der Waals surface area contributed by atoms with Crippen molar-refractivity contribution in [3.8, 4) is 5.75 Å². The van der Waals surface area contributed by atoms with E-state index in [1.807, 2.05) is 13.8 Å². The summed E-state index contributed by atoms with van der Waals surface area (Å²) < 4.78 is 50.3. The van der Waals surface area contributed by atoms with Crippen molar-refractivity contribution in [2.24, 2.45) is 0 Å². The van der Waals surface area contributed by atoms with Crippen molar-refractivity contribution in [1.29, 1.82) is 0 Å². The highest BCUT2D eigenvalue weighted by atomic mass is 19.4. The molecule has 0 fully saturated rings. The molecule has 0 aliphatic heterocycles. The monoisotopic (exact) mass is 262 g/mol. The van der Waals surface area contributed by atoms with Gasteiger partial charge in [0.1, 0.15) is 5.75 Å². The van der Waals surface area contributed by atoms with E-state index in [1.54, 1.807) is 0 Å². The Bertz CT molecular complexity index is 348. The van der Waals surface area contributed by atoms with Crippen molar-refractivity contribution in [2.45, 2.75) is 20.2 Å². The number of halogens is 3. The van der Waals surface area contributed by atoms with Crippen LogP contribution in [0.5, 0.6) is 5.75 Å². The Morgan fingerprint density at radius 1 is 1.00 bits per heavy atom. The Kier molecular flexibility index (Phi) is 5.49. The van der Waals surface area contributed by atoms with Crippen LogP contribution in [0.1, 0.15) is 13.8 Å². The summed E-state index contributed by atoms with van der Waals surface area (Å²) in [7, 11) is -0.570. The molecule has 0 saturated heterocycles. The van der Waals surface area contributed by atoms with Gasteiger partial charge in [0, 0.05) is 13.2 Å². The summed E-state index contributed by atoms with van der Waals surface area (Å²) in [5, 5.41) is 0. The lowest BCUT2D eigenvalue weighted by molar-refractivity contribution is -0.274. The van der Waals surface area contributed by atoms with E-state index in [1.165, 1.54) is 24.3 Å². The van der Waals surface area contributed by atoms with E-state index in [9.17, 15) is 13.2 Å². The minimum Gasteiger partial charge on any atom is -0.408 e. The molecule has 0 N–H and O–H groups in total. The molecule has 1 aromatic rings. The Labute approximate surface area is 104 Å². The van der Waals surface area contributed by atoms with Gasteiger partial charge in [-0.15, -0.1) is 13.2 Å². The molecule has 0 aliphatic carbocycles. The van der Waals surface area contributed by atoms with Crippen LogP contribution >= 0.6 is 0 Å². The number of ether oxygens (including phenoxy) is 1.